The Morgan fingerprint density at radius 2 is 2.00 bits per heavy atom. The van der Waals surface area contributed by atoms with Gasteiger partial charge in [0.25, 0.3) is 0 Å². The van der Waals surface area contributed by atoms with Crippen LogP contribution in [0.3, 0.4) is 0 Å². The van der Waals surface area contributed by atoms with Gasteiger partial charge in [-0.2, -0.15) is 0 Å². The summed E-state index contributed by atoms with van der Waals surface area (Å²) in [6, 6.07) is 10.0. The van der Waals surface area contributed by atoms with Crippen LogP contribution in [0.1, 0.15) is 5.56 Å². The van der Waals surface area contributed by atoms with E-state index in [1.54, 1.807) is 0 Å². The van der Waals surface area contributed by atoms with Gasteiger partial charge in [-0.1, -0.05) is 30.3 Å². The van der Waals surface area contributed by atoms with Gasteiger partial charge < -0.3 is 0 Å². The summed E-state index contributed by atoms with van der Waals surface area (Å²) in [6.45, 7) is 0. The molecule has 0 aliphatic heterocycles. The highest BCUT2D eigenvalue weighted by molar-refractivity contribution is 14.2. The molecule has 10 heavy (non-hydrogen) atoms. The van der Waals surface area contributed by atoms with Gasteiger partial charge in [0.1, 0.15) is 0 Å². The summed E-state index contributed by atoms with van der Waals surface area (Å²) < 4.78 is 4.02. The van der Waals surface area contributed by atoms with E-state index in [4.69, 9.17) is 0 Å². The zero-order chi connectivity index (χ0) is 7.23. The van der Waals surface area contributed by atoms with Crippen molar-refractivity contribution >= 4 is 36.5 Å². The molecule has 0 fully saturated rings. The molecule has 52 valence electrons. The van der Waals surface area contributed by atoms with Gasteiger partial charge in [-0.15, -0.1) is 0 Å². The Bertz CT molecular complexity index is 210. The zero-order valence-electron chi connectivity index (χ0n) is 5.20. The number of benzene rings is 1. The van der Waals surface area contributed by atoms with Crippen LogP contribution < -0.4 is 0 Å². The first-order valence-electron chi connectivity index (χ1n) is 2.79. The summed E-state index contributed by atoms with van der Waals surface area (Å²) in [4.78, 5) is 0. The summed E-state index contributed by atoms with van der Waals surface area (Å²) >= 11 is 2.13. The molecule has 1 rings (SSSR count). The molecule has 0 N–H and O–H groups in total. The number of halogens is 1. The lowest BCUT2D eigenvalue weighted by atomic mass is 10.2. The second kappa shape index (κ2) is 4.73. The van der Waals surface area contributed by atoms with Crippen LogP contribution in [0.2, 0.25) is 0 Å². The Morgan fingerprint density at radius 1 is 1.30 bits per heavy atom. The third-order valence-electron chi connectivity index (χ3n) is 1.04. The minimum Gasteiger partial charge on any atom is -0.213 e. The largest absolute Gasteiger partial charge is 0.213 e. The first-order valence-corrected chi connectivity index (χ1v) is 6.11. The van der Waals surface area contributed by atoms with Crippen molar-refractivity contribution in [3.63, 3.8) is 0 Å². The summed E-state index contributed by atoms with van der Waals surface area (Å²) in [5.41, 5.74) is 1.15. The molecule has 0 spiro atoms. The van der Waals surface area contributed by atoms with Crippen molar-refractivity contribution < 1.29 is 0 Å². The molecular weight excluding hydrogens is 257 g/mol. The Labute approximate surface area is 76.7 Å². The maximum absolute atomic E-state index is 4.02. The van der Waals surface area contributed by atoms with E-state index in [2.05, 4.69) is 25.6 Å². The van der Waals surface area contributed by atoms with Crippen molar-refractivity contribution in [1.82, 2.24) is 0 Å². The number of nitrogens with zero attached hydrogens (tertiary/aromatic N) is 1. The average Bonchev–Trinajstić information content (AvgIpc) is 2.03. The van der Waals surface area contributed by atoms with E-state index in [0.29, 0.717) is 0 Å². The lowest BCUT2D eigenvalue weighted by Gasteiger charge is -1.86. The lowest BCUT2D eigenvalue weighted by molar-refractivity contribution is 1.67. The van der Waals surface area contributed by atoms with Crippen LogP contribution in [0.4, 0.5) is 0 Å². The van der Waals surface area contributed by atoms with Gasteiger partial charge in [0.15, 0.2) is 0 Å². The molecule has 1 aromatic carbocycles. The van der Waals surface area contributed by atoms with Crippen molar-refractivity contribution in [2.45, 2.75) is 0 Å². The van der Waals surface area contributed by atoms with Crippen LogP contribution in [-0.2, 0) is 0 Å². The normalized spacial score (nSPS) is 10.5. The van der Waals surface area contributed by atoms with Crippen LogP contribution in [0.15, 0.2) is 34.7 Å². The Morgan fingerprint density at radius 3 is 2.60 bits per heavy atom. The highest BCUT2D eigenvalue weighted by Crippen LogP contribution is 2.11. The molecule has 1 aromatic rings. The molecule has 0 saturated carbocycles. The van der Waals surface area contributed by atoms with Crippen molar-refractivity contribution in [3.05, 3.63) is 35.9 Å². The molecule has 0 saturated heterocycles. The molecule has 0 atom stereocenters. The second-order valence-electron chi connectivity index (χ2n) is 1.71. The highest BCUT2D eigenvalue weighted by Gasteiger charge is 1.80. The van der Waals surface area contributed by atoms with Crippen LogP contribution in [0.5, 0.6) is 0 Å². The number of hydrogen-bond donors (Lipinski definition) is 0. The summed E-state index contributed by atoms with van der Waals surface area (Å²) in [7, 11) is 1.44. The molecule has 0 unspecified atom stereocenters. The van der Waals surface area contributed by atoms with Crippen LogP contribution >= 0.6 is 30.3 Å². The fourth-order valence-corrected chi connectivity index (χ4v) is 1.12. The van der Waals surface area contributed by atoms with Crippen molar-refractivity contribution in [2.75, 3.05) is 0 Å². The minimum absolute atomic E-state index is 1.15. The second-order valence-corrected chi connectivity index (χ2v) is 3.24. The standard InChI is InChI=1S/C7H6INS/c8-10-9-6-7-4-2-1-3-5-7/h1-6H/b9-6+. The smallest absolute Gasteiger partial charge is 0.0468 e. The van der Waals surface area contributed by atoms with Crippen molar-refractivity contribution in [1.29, 1.82) is 0 Å². The zero-order valence-corrected chi connectivity index (χ0v) is 8.17. The van der Waals surface area contributed by atoms with Gasteiger partial charge in [0.2, 0.25) is 0 Å². The van der Waals surface area contributed by atoms with Gasteiger partial charge in [0, 0.05) is 36.5 Å². The first-order chi connectivity index (χ1) is 4.93. The van der Waals surface area contributed by atoms with E-state index in [1.165, 1.54) is 9.12 Å². The van der Waals surface area contributed by atoms with Gasteiger partial charge in [-0.25, -0.2) is 4.40 Å². The van der Waals surface area contributed by atoms with Gasteiger partial charge in [0.05, 0.1) is 0 Å². The third kappa shape index (κ3) is 2.70. The Kier molecular flexibility index (Phi) is 3.82. The SMILES string of the molecule is IS/N=C/c1ccccc1. The van der Waals surface area contributed by atoms with E-state index in [9.17, 15) is 0 Å². The molecule has 0 aromatic heterocycles. The fourth-order valence-electron chi connectivity index (χ4n) is 0.620. The predicted molar refractivity (Wildman–Crippen MR) is 55.6 cm³/mol. The van der Waals surface area contributed by atoms with Crippen LogP contribution in [-0.4, -0.2) is 6.21 Å². The number of hydrogen-bond acceptors (Lipinski definition) is 2. The topological polar surface area (TPSA) is 12.4 Å². The Hall–Kier alpha value is -0.0300. The summed E-state index contributed by atoms with van der Waals surface area (Å²) in [5.74, 6) is 0. The monoisotopic (exact) mass is 263 g/mol. The van der Waals surface area contributed by atoms with Crippen molar-refractivity contribution in [2.24, 2.45) is 4.40 Å². The van der Waals surface area contributed by atoms with Crippen molar-refractivity contribution in [3.8, 4) is 0 Å². The number of rotatable bonds is 2. The highest BCUT2D eigenvalue weighted by atomic mass is 127. The quantitative estimate of drug-likeness (QED) is 0.453. The third-order valence-corrected chi connectivity index (χ3v) is 1.91. The average molecular weight is 263 g/mol. The van der Waals surface area contributed by atoms with Gasteiger partial charge in [-0.3, -0.25) is 0 Å². The van der Waals surface area contributed by atoms with E-state index < -0.39 is 0 Å². The van der Waals surface area contributed by atoms with Gasteiger partial charge >= 0.3 is 0 Å². The fraction of sp³-hybridized carbons (Fsp3) is 0. The molecule has 0 heterocycles. The minimum atomic E-state index is 1.15. The molecule has 0 aliphatic carbocycles. The molecule has 0 aliphatic rings. The van der Waals surface area contributed by atoms with E-state index in [1.807, 2.05) is 36.5 Å². The summed E-state index contributed by atoms with van der Waals surface area (Å²) in [5, 5.41) is 0. The maximum Gasteiger partial charge on any atom is 0.0468 e. The summed E-state index contributed by atoms with van der Waals surface area (Å²) in [6.07, 6.45) is 1.84. The molecular formula is C7H6INS. The van der Waals surface area contributed by atoms with E-state index in [-0.39, 0.29) is 0 Å². The molecule has 0 radical (unpaired) electrons. The Balaban J connectivity index is 2.67. The predicted octanol–water partition coefficient (Wildman–Crippen LogP) is 3.10. The van der Waals surface area contributed by atoms with Crippen LogP contribution in [0.25, 0.3) is 0 Å². The maximum atomic E-state index is 4.02. The van der Waals surface area contributed by atoms with E-state index >= 15 is 0 Å². The molecule has 3 heteroatoms. The molecule has 1 nitrogen and oxygen atoms in total. The van der Waals surface area contributed by atoms with Gasteiger partial charge in [-0.05, 0) is 5.56 Å². The first kappa shape index (κ1) is 8.07. The molecule has 0 amide bonds. The molecule has 0 bridgehead atoms. The van der Waals surface area contributed by atoms with Crippen LogP contribution in [0, 0.1) is 0 Å². The van der Waals surface area contributed by atoms with E-state index in [0.717, 1.165) is 5.56 Å². The lowest BCUT2D eigenvalue weighted by Crippen LogP contribution is -1.74.